The van der Waals surface area contributed by atoms with Gasteiger partial charge >= 0.3 is 0 Å². The number of carbonyl (C=O) groups is 1. The fourth-order valence-electron chi connectivity index (χ4n) is 1.66. The van der Waals surface area contributed by atoms with Crippen LogP contribution in [0.5, 0.6) is 0 Å². The molecule has 0 fully saturated rings. The van der Waals surface area contributed by atoms with Gasteiger partial charge in [0.2, 0.25) is 0 Å². The molecule has 1 aromatic rings. The molecular formula is C12H16N2O4. The molecule has 1 rings (SSSR count). The third-order valence-electron chi connectivity index (χ3n) is 2.60. The van der Waals surface area contributed by atoms with Crippen LogP contribution >= 0.6 is 0 Å². The molecule has 0 saturated heterocycles. The number of benzene rings is 1. The van der Waals surface area contributed by atoms with E-state index in [0.717, 1.165) is 6.42 Å². The summed E-state index contributed by atoms with van der Waals surface area (Å²) in [5, 5.41) is 10.6. The Labute approximate surface area is 105 Å². The number of nitro groups is 1. The van der Waals surface area contributed by atoms with Crippen LogP contribution in [-0.4, -0.2) is 38.5 Å². The smallest absolute Gasteiger partial charge is 0.270 e. The predicted molar refractivity (Wildman–Crippen MR) is 68.2 cm³/mol. The van der Waals surface area contributed by atoms with Crippen LogP contribution in [0.3, 0.4) is 0 Å². The zero-order valence-electron chi connectivity index (χ0n) is 10.5. The molecule has 18 heavy (non-hydrogen) atoms. The van der Waals surface area contributed by atoms with Crippen LogP contribution in [0.2, 0.25) is 0 Å². The quantitative estimate of drug-likeness (QED) is 0.320. The average molecular weight is 252 g/mol. The second-order valence-electron chi connectivity index (χ2n) is 3.89. The van der Waals surface area contributed by atoms with Crippen molar-refractivity contribution in [2.45, 2.75) is 6.42 Å². The van der Waals surface area contributed by atoms with Crippen molar-refractivity contribution >= 4 is 17.7 Å². The summed E-state index contributed by atoms with van der Waals surface area (Å²) in [4.78, 5) is 23.0. The standard InChI is InChI=1S/C12H16N2O4/c1-13(6-3-7-18-2)12-5-4-11(14(16)17)8-10(12)9-15/h4-5,8-9H,3,6-7H2,1-2H3. The van der Waals surface area contributed by atoms with Crippen LogP contribution in [0.25, 0.3) is 0 Å². The second-order valence-corrected chi connectivity index (χ2v) is 3.89. The molecule has 0 spiro atoms. The minimum Gasteiger partial charge on any atom is -0.385 e. The Morgan fingerprint density at radius 1 is 1.50 bits per heavy atom. The van der Waals surface area contributed by atoms with E-state index in [1.807, 2.05) is 11.9 Å². The molecule has 98 valence electrons. The van der Waals surface area contributed by atoms with Crippen LogP contribution < -0.4 is 4.90 Å². The molecule has 1 aromatic carbocycles. The summed E-state index contributed by atoms with van der Waals surface area (Å²) < 4.78 is 4.95. The van der Waals surface area contributed by atoms with Crippen molar-refractivity contribution in [3.63, 3.8) is 0 Å². The van der Waals surface area contributed by atoms with E-state index in [1.165, 1.54) is 12.1 Å². The molecule has 0 heterocycles. The van der Waals surface area contributed by atoms with Gasteiger partial charge in [-0.1, -0.05) is 0 Å². The van der Waals surface area contributed by atoms with Crippen molar-refractivity contribution < 1.29 is 14.5 Å². The minimum atomic E-state index is -0.512. The van der Waals surface area contributed by atoms with Gasteiger partial charge in [-0.25, -0.2) is 0 Å². The molecule has 6 nitrogen and oxygen atoms in total. The zero-order valence-corrected chi connectivity index (χ0v) is 10.5. The molecule has 0 aliphatic carbocycles. The minimum absolute atomic E-state index is 0.0776. The number of methoxy groups -OCH3 is 1. The van der Waals surface area contributed by atoms with E-state index in [9.17, 15) is 14.9 Å². The zero-order chi connectivity index (χ0) is 13.5. The van der Waals surface area contributed by atoms with Gasteiger partial charge in [-0.05, 0) is 12.5 Å². The first-order valence-corrected chi connectivity index (χ1v) is 5.54. The topological polar surface area (TPSA) is 72.7 Å². The highest BCUT2D eigenvalue weighted by molar-refractivity contribution is 5.85. The summed E-state index contributed by atoms with van der Waals surface area (Å²) in [5.74, 6) is 0. The molecule has 0 aliphatic rings. The number of nitro benzene ring substituents is 1. The van der Waals surface area contributed by atoms with Crippen molar-refractivity contribution in [3.8, 4) is 0 Å². The van der Waals surface area contributed by atoms with E-state index in [0.29, 0.717) is 30.7 Å². The highest BCUT2D eigenvalue weighted by Gasteiger charge is 2.12. The molecule has 0 aromatic heterocycles. The Kier molecular flexibility index (Phi) is 5.26. The summed E-state index contributed by atoms with van der Waals surface area (Å²) in [6.07, 6.45) is 1.46. The Hall–Kier alpha value is -1.95. The van der Waals surface area contributed by atoms with Gasteiger partial charge in [0.05, 0.1) is 4.92 Å². The summed E-state index contributed by atoms with van der Waals surface area (Å²) in [7, 11) is 3.46. The Morgan fingerprint density at radius 2 is 2.22 bits per heavy atom. The summed E-state index contributed by atoms with van der Waals surface area (Å²) in [5.41, 5.74) is 0.932. The van der Waals surface area contributed by atoms with Crippen LogP contribution in [0.15, 0.2) is 18.2 Å². The number of anilines is 1. The molecule has 0 atom stereocenters. The number of rotatable bonds is 7. The number of hydrogen-bond donors (Lipinski definition) is 0. The predicted octanol–water partition coefficient (Wildman–Crippen LogP) is 1.88. The third kappa shape index (κ3) is 3.53. The lowest BCUT2D eigenvalue weighted by Gasteiger charge is -2.20. The van der Waals surface area contributed by atoms with E-state index in [-0.39, 0.29) is 5.69 Å². The summed E-state index contributed by atoms with van der Waals surface area (Å²) in [6.45, 7) is 1.35. The van der Waals surface area contributed by atoms with Crippen LogP contribution in [0.1, 0.15) is 16.8 Å². The van der Waals surface area contributed by atoms with Gasteiger partial charge in [0.25, 0.3) is 5.69 Å². The lowest BCUT2D eigenvalue weighted by molar-refractivity contribution is -0.384. The van der Waals surface area contributed by atoms with E-state index < -0.39 is 4.92 Å². The van der Waals surface area contributed by atoms with Gasteiger partial charge in [0.1, 0.15) is 0 Å². The molecule has 6 heteroatoms. The van der Waals surface area contributed by atoms with Crippen LogP contribution in [-0.2, 0) is 4.74 Å². The van der Waals surface area contributed by atoms with E-state index in [1.54, 1.807) is 13.2 Å². The lowest BCUT2D eigenvalue weighted by Crippen LogP contribution is -2.21. The molecule has 0 amide bonds. The molecule has 0 radical (unpaired) electrons. The van der Waals surface area contributed by atoms with E-state index >= 15 is 0 Å². The number of nitrogens with zero attached hydrogens (tertiary/aromatic N) is 2. The molecule has 0 bridgehead atoms. The fourth-order valence-corrected chi connectivity index (χ4v) is 1.66. The first-order chi connectivity index (χ1) is 8.60. The number of aldehydes is 1. The van der Waals surface area contributed by atoms with E-state index in [2.05, 4.69) is 0 Å². The van der Waals surface area contributed by atoms with Gasteiger partial charge in [-0.2, -0.15) is 0 Å². The largest absolute Gasteiger partial charge is 0.385 e. The Morgan fingerprint density at radius 3 is 2.78 bits per heavy atom. The number of ether oxygens (including phenoxy) is 1. The maximum Gasteiger partial charge on any atom is 0.270 e. The normalized spacial score (nSPS) is 10.1. The fraction of sp³-hybridized carbons (Fsp3) is 0.417. The maximum absolute atomic E-state index is 11.0. The SMILES string of the molecule is COCCCN(C)c1ccc([N+](=O)[O-])cc1C=O. The average Bonchev–Trinajstić information content (AvgIpc) is 2.38. The highest BCUT2D eigenvalue weighted by atomic mass is 16.6. The van der Waals surface area contributed by atoms with Gasteiger partial charge in [-0.15, -0.1) is 0 Å². The lowest BCUT2D eigenvalue weighted by atomic mass is 10.1. The monoisotopic (exact) mass is 252 g/mol. The van der Waals surface area contributed by atoms with Crippen molar-refractivity contribution in [3.05, 3.63) is 33.9 Å². The van der Waals surface area contributed by atoms with Gasteiger partial charge < -0.3 is 9.64 Å². The molecular weight excluding hydrogens is 236 g/mol. The van der Waals surface area contributed by atoms with Crippen molar-refractivity contribution in [1.82, 2.24) is 0 Å². The van der Waals surface area contributed by atoms with Gasteiger partial charge in [0.15, 0.2) is 6.29 Å². The Bertz CT molecular complexity index is 434. The second kappa shape index (κ2) is 6.70. The highest BCUT2D eigenvalue weighted by Crippen LogP contribution is 2.23. The first kappa shape index (κ1) is 14.1. The van der Waals surface area contributed by atoms with Gasteiger partial charge in [-0.3, -0.25) is 14.9 Å². The molecule has 0 N–H and O–H groups in total. The number of carbonyl (C=O) groups excluding carboxylic acids is 1. The van der Waals surface area contributed by atoms with Gasteiger partial charge in [0, 0.05) is 50.7 Å². The van der Waals surface area contributed by atoms with Crippen molar-refractivity contribution in [2.75, 3.05) is 32.2 Å². The summed E-state index contributed by atoms with van der Waals surface area (Å²) in [6, 6.07) is 4.28. The molecule has 0 saturated carbocycles. The van der Waals surface area contributed by atoms with Crippen molar-refractivity contribution in [2.24, 2.45) is 0 Å². The molecule has 0 unspecified atom stereocenters. The first-order valence-electron chi connectivity index (χ1n) is 5.54. The summed E-state index contributed by atoms with van der Waals surface area (Å²) >= 11 is 0. The third-order valence-corrected chi connectivity index (χ3v) is 2.60. The molecule has 0 aliphatic heterocycles. The van der Waals surface area contributed by atoms with Crippen LogP contribution in [0.4, 0.5) is 11.4 Å². The maximum atomic E-state index is 11.0. The van der Waals surface area contributed by atoms with Crippen LogP contribution in [0, 0.1) is 10.1 Å². The Balaban J connectivity index is 2.87. The number of non-ortho nitro benzene ring substituents is 1. The van der Waals surface area contributed by atoms with Crippen molar-refractivity contribution in [1.29, 1.82) is 0 Å². The number of hydrogen-bond acceptors (Lipinski definition) is 5. The van der Waals surface area contributed by atoms with E-state index in [4.69, 9.17) is 4.74 Å².